The highest BCUT2D eigenvalue weighted by molar-refractivity contribution is 5.82. The molecule has 25 heavy (non-hydrogen) atoms. The quantitative estimate of drug-likeness (QED) is 0.864. The molecule has 2 amide bonds. The first kappa shape index (κ1) is 16.3. The predicted molar refractivity (Wildman–Crippen MR) is 94.9 cm³/mol. The van der Waals surface area contributed by atoms with E-state index in [9.17, 15) is 4.79 Å². The van der Waals surface area contributed by atoms with Gasteiger partial charge < -0.3 is 20.1 Å². The average Bonchev–Trinajstić information content (AvgIpc) is 2.84. The molecular weight excluding hydrogens is 318 g/mol. The second-order valence-electron chi connectivity index (χ2n) is 6.94. The topological polar surface area (TPSA) is 62.8 Å². The Bertz CT molecular complexity index is 723. The van der Waals surface area contributed by atoms with E-state index in [4.69, 9.17) is 9.47 Å². The van der Waals surface area contributed by atoms with Crippen LogP contribution in [0.25, 0.3) is 0 Å². The Morgan fingerprint density at radius 2 is 1.96 bits per heavy atom. The van der Waals surface area contributed by atoms with Crippen molar-refractivity contribution in [3.05, 3.63) is 35.0 Å². The first-order valence-electron chi connectivity index (χ1n) is 8.92. The molecule has 134 valence electrons. The van der Waals surface area contributed by atoms with Crippen molar-refractivity contribution < 1.29 is 14.3 Å². The van der Waals surface area contributed by atoms with E-state index in [1.165, 1.54) is 0 Å². The van der Waals surface area contributed by atoms with Crippen molar-refractivity contribution in [3.8, 4) is 11.5 Å². The van der Waals surface area contributed by atoms with Gasteiger partial charge in [0.25, 0.3) is 0 Å². The number of allylic oxidation sites excluding steroid dienone is 1. The zero-order valence-corrected chi connectivity index (χ0v) is 14.9. The van der Waals surface area contributed by atoms with Gasteiger partial charge in [-0.1, -0.05) is 6.08 Å². The van der Waals surface area contributed by atoms with Crippen LogP contribution in [-0.2, 0) is 13.0 Å². The molecule has 2 saturated heterocycles. The lowest BCUT2D eigenvalue weighted by Crippen LogP contribution is -2.50. The number of nitrogens with one attached hydrogen (secondary N) is 2. The van der Waals surface area contributed by atoms with Crippen LogP contribution in [0.5, 0.6) is 11.5 Å². The minimum atomic E-state index is -0.206. The third-order valence-corrected chi connectivity index (χ3v) is 5.62. The van der Waals surface area contributed by atoms with E-state index in [2.05, 4.69) is 16.7 Å². The second-order valence-corrected chi connectivity index (χ2v) is 6.94. The number of methoxy groups -OCH3 is 2. The van der Waals surface area contributed by atoms with Gasteiger partial charge in [-0.05, 0) is 56.0 Å². The number of carbonyl (C=O) groups excluding carboxylic acids is 1. The fourth-order valence-corrected chi connectivity index (χ4v) is 4.32. The molecule has 4 rings (SSSR count). The smallest absolute Gasteiger partial charge is 0.322 e. The van der Waals surface area contributed by atoms with Crippen LogP contribution in [-0.4, -0.2) is 43.8 Å². The molecule has 0 aliphatic carbocycles. The second kappa shape index (κ2) is 6.26. The molecule has 0 aromatic heterocycles. The summed E-state index contributed by atoms with van der Waals surface area (Å²) in [5, 5.41) is 6.66. The Balaban J connectivity index is 1.74. The van der Waals surface area contributed by atoms with E-state index < -0.39 is 0 Å². The number of hydrogen-bond acceptors (Lipinski definition) is 4. The van der Waals surface area contributed by atoms with E-state index in [1.54, 1.807) is 14.2 Å². The van der Waals surface area contributed by atoms with Gasteiger partial charge in [-0.3, -0.25) is 4.90 Å². The van der Waals surface area contributed by atoms with Crippen LogP contribution in [0.2, 0.25) is 0 Å². The first-order chi connectivity index (χ1) is 12.2. The van der Waals surface area contributed by atoms with Crippen LogP contribution in [0.3, 0.4) is 0 Å². The standard InChI is InChI=1S/C19H25N3O3/c1-24-14-10-13-12-22-17(5-3-4-15(13)16(11-14)25-2)19(21-18(22)23)6-8-20-9-7-19/h5,10-11,20H,3-4,6-9,12H2,1-2H3,(H,21,23)/b17-5-. The maximum atomic E-state index is 12.8. The molecule has 2 fully saturated rings. The van der Waals surface area contributed by atoms with Gasteiger partial charge in [0.05, 0.1) is 26.3 Å². The Hall–Kier alpha value is -2.21. The number of hydrogen-bond donors (Lipinski definition) is 2. The van der Waals surface area contributed by atoms with Crippen molar-refractivity contribution in [2.24, 2.45) is 0 Å². The molecule has 0 radical (unpaired) electrons. The normalized spacial score (nSPS) is 23.7. The molecule has 1 aromatic rings. The molecule has 3 heterocycles. The Morgan fingerprint density at radius 3 is 2.68 bits per heavy atom. The fourth-order valence-electron chi connectivity index (χ4n) is 4.32. The first-order valence-corrected chi connectivity index (χ1v) is 8.92. The molecule has 6 heteroatoms. The summed E-state index contributed by atoms with van der Waals surface area (Å²) in [6.07, 6.45) is 5.93. The highest BCUT2D eigenvalue weighted by Gasteiger charge is 2.47. The molecule has 6 nitrogen and oxygen atoms in total. The van der Waals surface area contributed by atoms with E-state index >= 15 is 0 Å². The van der Waals surface area contributed by atoms with Crippen molar-refractivity contribution >= 4 is 6.03 Å². The van der Waals surface area contributed by atoms with Gasteiger partial charge in [-0.2, -0.15) is 0 Å². The third-order valence-electron chi connectivity index (χ3n) is 5.62. The van der Waals surface area contributed by atoms with Crippen molar-refractivity contribution in [1.82, 2.24) is 15.5 Å². The van der Waals surface area contributed by atoms with Gasteiger partial charge >= 0.3 is 6.03 Å². The van der Waals surface area contributed by atoms with Crippen LogP contribution in [0.15, 0.2) is 23.9 Å². The Morgan fingerprint density at radius 1 is 1.16 bits per heavy atom. The molecule has 0 atom stereocenters. The number of amides is 2. The summed E-state index contributed by atoms with van der Waals surface area (Å²) in [4.78, 5) is 14.7. The van der Waals surface area contributed by atoms with E-state index in [0.717, 1.165) is 67.1 Å². The molecule has 0 saturated carbocycles. The van der Waals surface area contributed by atoms with Crippen LogP contribution in [0.1, 0.15) is 30.4 Å². The van der Waals surface area contributed by atoms with Crippen LogP contribution < -0.4 is 20.1 Å². The lowest BCUT2D eigenvalue weighted by molar-refractivity contribution is 0.220. The highest BCUT2D eigenvalue weighted by atomic mass is 16.5. The third kappa shape index (κ3) is 2.65. The minimum absolute atomic E-state index is 0.00258. The zero-order chi connectivity index (χ0) is 17.4. The number of nitrogens with zero attached hydrogens (tertiary/aromatic N) is 1. The number of urea groups is 1. The van der Waals surface area contributed by atoms with Crippen LogP contribution in [0, 0.1) is 0 Å². The molecule has 1 spiro atoms. The van der Waals surface area contributed by atoms with Gasteiger partial charge in [0.2, 0.25) is 0 Å². The van der Waals surface area contributed by atoms with Crippen molar-refractivity contribution in [2.75, 3.05) is 27.3 Å². The molecule has 3 aliphatic heterocycles. The summed E-state index contributed by atoms with van der Waals surface area (Å²) in [5.41, 5.74) is 3.20. The largest absolute Gasteiger partial charge is 0.497 e. The molecule has 0 bridgehead atoms. The monoisotopic (exact) mass is 343 g/mol. The summed E-state index contributed by atoms with van der Waals surface area (Å²) >= 11 is 0. The van der Waals surface area contributed by atoms with Crippen molar-refractivity contribution in [1.29, 1.82) is 0 Å². The average molecular weight is 343 g/mol. The fraction of sp³-hybridized carbons (Fsp3) is 0.526. The minimum Gasteiger partial charge on any atom is -0.497 e. The highest BCUT2D eigenvalue weighted by Crippen LogP contribution is 2.40. The predicted octanol–water partition coefficient (Wildman–Crippen LogP) is 2.18. The lowest BCUT2D eigenvalue weighted by Gasteiger charge is -2.36. The summed E-state index contributed by atoms with van der Waals surface area (Å²) in [7, 11) is 3.34. The summed E-state index contributed by atoms with van der Waals surface area (Å²) < 4.78 is 11.0. The number of rotatable bonds is 2. The van der Waals surface area contributed by atoms with Gasteiger partial charge in [0.15, 0.2) is 0 Å². The number of carbonyl (C=O) groups is 1. The van der Waals surface area contributed by atoms with Crippen LogP contribution >= 0.6 is 0 Å². The number of benzene rings is 1. The van der Waals surface area contributed by atoms with E-state index in [0.29, 0.717) is 6.54 Å². The SMILES string of the molecule is COc1cc2c(c(OC)c1)CC/C=C1\N(C2)C(=O)NC12CCNCC2. The van der Waals surface area contributed by atoms with E-state index in [1.807, 2.05) is 17.0 Å². The Kier molecular flexibility index (Phi) is 4.07. The van der Waals surface area contributed by atoms with E-state index in [-0.39, 0.29) is 11.6 Å². The molecule has 1 aromatic carbocycles. The lowest BCUT2D eigenvalue weighted by atomic mass is 9.84. The van der Waals surface area contributed by atoms with Gasteiger partial charge in [-0.25, -0.2) is 4.79 Å². The number of ether oxygens (including phenoxy) is 2. The van der Waals surface area contributed by atoms with Gasteiger partial charge in [0.1, 0.15) is 11.5 Å². The molecular formula is C19H25N3O3. The van der Waals surface area contributed by atoms with Gasteiger partial charge in [-0.15, -0.1) is 0 Å². The number of piperidine rings is 1. The summed E-state index contributed by atoms with van der Waals surface area (Å²) in [6, 6.07) is 3.95. The summed E-state index contributed by atoms with van der Waals surface area (Å²) in [6.45, 7) is 2.42. The maximum absolute atomic E-state index is 12.8. The van der Waals surface area contributed by atoms with Crippen LogP contribution in [0.4, 0.5) is 4.79 Å². The molecule has 3 aliphatic rings. The zero-order valence-electron chi connectivity index (χ0n) is 14.9. The molecule has 0 unspecified atom stereocenters. The number of fused-ring (bicyclic) bond motifs is 3. The van der Waals surface area contributed by atoms with Crippen molar-refractivity contribution in [3.63, 3.8) is 0 Å². The summed E-state index contributed by atoms with van der Waals surface area (Å²) in [5.74, 6) is 1.60. The van der Waals surface area contributed by atoms with Crippen molar-refractivity contribution in [2.45, 2.75) is 37.8 Å². The molecule has 2 N–H and O–H groups in total. The Labute approximate surface area is 148 Å². The van der Waals surface area contributed by atoms with Gasteiger partial charge in [0, 0.05) is 11.8 Å². The maximum Gasteiger partial charge on any atom is 0.322 e.